The average molecular weight is 343 g/mol. The predicted molar refractivity (Wildman–Crippen MR) is 92.8 cm³/mol. The Morgan fingerprint density at radius 3 is 1.95 bits per heavy atom. The van der Waals surface area contributed by atoms with Gasteiger partial charge in [0.05, 0.1) is 18.5 Å². The summed E-state index contributed by atoms with van der Waals surface area (Å²) in [6.07, 6.45) is 3.93. The molecule has 7 heteroatoms. The molecule has 0 amide bonds. The summed E-state index contributed by atoms with van der Waals surface area (Å²) in [5.74, 6) is 0.751. The summed E-state index contributed by atoms with van der Waals surface area (Å²) in [4.78, 5) is 0. The van der Waals surface area contributed by atoms with Crippen molar-refractivity contribution in [3.05, 3.63) is 12.3 Å². The first-order valence-electron chi connectivity index (χ1n) is 6.48. The molecule has 3 nitrogen and oxygen atoms in total. The second kappa shape index (κ2) is 8.85. The van der Waals surface area contributed by atoms with E-state index in [1.165, 1.54) is 0 Å². The maximum atomic E-state index is 5.80. The van der Waals surface area contributed by atoms with E-state index in [4.69, 9.17) is 25.3 Å². The third-order valence-electron chi connectivity index (χ3n) is 1.53. The fourth-order valence-corrected chi connectivity index (χ4v) is 6.87. The lowest BCUT2D eigenvalue weighted by Crippen LogP contribution is -2.21. The van der Waals surface area contributed by atoms with Gasteiger partial charge in [-0.3, -0.25) is 0 Å². The largest absolute Gasteiger partial charge is 0.550 e. The van der Waals surface area contributed by atoms with Gasteiger partial charge in [0.2, 0.25) is 14.0 Å². The maximum absolute atomic E-state index is 5.80. The SMILES string of the molecule is CC(C)OP(=S)(OC(C)C)SC/C=C/O[Si](C)(C)C. The smallest absolute Gasteiger partial charge is 0.248 e. The van der Waals surface area contributed by atoms with Gasteiger partial charge in [-0.2, -0.15) is 0 Å². The molecule has 0 rings (SSSR count). The van der Waals surface area contributed by atoms with Crippen LogP contribution in [0.15, 0.2) is 12.3 Å². The summed E-state index contributed by atoms with van der Waals surface area (Å²) in [6.45, 7) is 14.4. The molecule has 0 radical (unpaired) electrons. The summed E-state index contributed by atoms with van der Waals surface area (Å²) in [6, 6.07) is 0. The van der Waals surface area contributed by atoms with Crippen LogP contribution in [0.25, 0.3) is 0 Å². The van der Waals surface area contributed by atoms with Crippen LogP contribution in [-0.2, 0) is 25.3 Å². The van der Waals surface area contributed by atoms with E-state index in [1.54, 1.807) is 17.6 Å². The zero-order valence-electron chi connectivity index (χ0n) is 13.0. The molecule has 0 N–H and O–H groups in total. The molecule has 0 aromatic carbocycles. The van der Waals surface area contributed by atoms with E-state index in [1.807, 2.05) is 33.8 Å². The van der Waals surface area contributed by atoms with Crippen molar-refractivity contribution in [2.75, 3.05) is 5.75 Å². The van der Waals surface area contributed by atoms with Crippen LogP contribution in [0.2, 0.25) is 19.6 Å². The minimum absolute atomic E-state index is 0.0827. The number of hydrogen-bond acceptors (Lipinski definition) is 5. The van der Waals surface area contributed by atoms with Crippen molar-refractivity contribution in [2.24, 2.45) is 0 Å². The van der Waals surface area contributed by atoms with Crippen molar-refractivity contribution in [3.63, 3.8) is 0 Å². The summed E-state index contributed by atoms with van der Waals surface area (Å²) < 4.78 is 17.2. The number of hydrogen-bond donors (Lipinski definition) is 0. The monoisotopic (exact) mass is 342 g/mol. The lowest BCUT2D eigenvalue weighted by molar-refractivity contribution is 0.186. The fourth-order valence-electron chi connectivity index (χ4n) is 1.03. The second-order valence-corrected chi connectivity index (χ2v) is 16.4. The first kappa shape index (κ1) is 19.7. The standard InChI is InChI=1S/C12H27O3PS2Si/c1-11(2)14-16(17,15-12(3)4)18-10-8-9-13-19(5,6)7/h8-9,11-12H,10H2,1-7H3/b9-8+. The van der Waals surface area contributed by atoms with Gasteiger partial charge in [-0.1, -0.05) is 11.4 Å². The van der Waals surface area contributed by atoms with Crippen LogP contribution in [0.1, 0.15) is 27.7 Å². The highest BCUT2D eigenvalue weighted by Gasteiger charge is 2.22. The molecule has 0 saturated heterocycles. The third kappa shape index (κ3) is 12.1. The van der Waals surface area contributed by atoms with Gasteiger partial charge in [-0.25, -0.2) is 0 Å². The van der Waals surface area contributed by atoms with Gasteiger partial charge >= 0.3 is 0 Å². The van der Waals surface area contributed by atoms with Crippen molar-refractivity contribution < 1.29 is 13.5 Å². The molecule has 0 aliphatic rings. The van der Waals surface area contributed by atoms with Gasteiger partial charge in [0, 0.05) is 5.75 Å². The van der Waals surface area contributed by atoms with Crippen LogP contribution in [0.3, 0.4) is 0 Å². The van der Waals surface area contributed by atoms with Gasteiger partial charge in [0.1, 0.15) is 0 Å². The molecule has 0 unspecified atom stereocenters. The molecule has 0 bridgehead atoms. The molecule has 0 aliphatic carbocycles. The topological polar surface area (TPSA) is 27.7 Å². The van der Waals surface area contributed by atoms with Crippen LogP contribution in [0.4, 0.5) is 0 Å². The van der Waals surface area contributed by atoms with E-state index < -0.39 is 14.0 Å². The first-order chi connectivity index (χ1) is 8.54. The first-order valence-corrected chi connectivity index (χ1v) is 14.1. The van der Waals surface area contributed by atoms with Crippen LogP contribution in [0, 0.1) is 0 Å². The molecular weight excluding hydrogens is 315 g/mol. The molecule has 0 aromatic heterocycles. The number of rotatable bonds is 9. The van der Waals surface area contributed by atoms with E-state index in [0.717, 1.165) is 5.75 Å². The quantitative estimate of drug-likeness (QED) is 0.328. The van der Waals surface area contributed by atoms with E-state index in [-0.39, 0.29) is 12.2 Å². The van der Waals surface area contributed by atoms with Gasteiger partial charge in [0.25, 0.3) is 0 Å². The Hall–Kier alpha value is 0.677. The maximum Gasteiger partial charge on any atom is 0.248 e. The van der Waals surface area contributed by atoms with E-state index in [0.29, 0.717) is 0 Å². The Balaban J connectivity index is 4.31. The van der Waals surface area contributed by atoms with Crippen molar-refractivity contribution in [1.82, 2.24) is 0 Å². The highest BCUT2D eigenvalue weighted by atomic mass is 32.9. The van der Waals surface area contributed by atoms with Crippen LogP contribution in [-0.4, -0.2) is 26.3 Å². The molecule has 0 saturated carbocycles. The Morgan fingerprint density at radius 2 is 1.58 bits per heavy atom. The van der Waals surface area contributed by atoms with E-state index >= 15 is 0 Å². The van der Waals surface area contributed by atoms with Crippen LogP contribution in [0.5, 0.6) is 0 Å². The molecule has 0 heterocycles. The summed E-state index contributed by atoms with van der Waals surface area (Å²) in [5, 5.41) is 0. The highest BCUT2D eigenvalue weighted by Crippen LogP contribution is 2.62. The van der Waals surface area contributed by atoms with Crippen LogP contribution >= 0.6 is 17.1 Å². The molecule has 19 heavy (non-hydrogen) atoms. The molecular formula is C12H27O3PS2Si. The van der Waals surface area contributed by atoms with Gasteiger partial charge < -0.3 is 13.5 Å². The zero-order valence-corrected chi connectivity index (χ0v) is 16.5. The van der Waals surface area contributed by atoms with Gasteiger partial charge in [0.15, 0.2) is 0 Å². The van der Waals surface area contributed by atoms with Crippen molar-refractivity contribution in [1.29, 1.82) is 0 Å². The third-order valence-corrected chi connectivity index (χ3v) is 7.76. The lowest BCUT2D eigenvalue weighted by Gasteiger charge is -2.25. The van der Waals surface area contributed by atoms with E-state index in [2.05, 4.69) is 19.6 Å². The Labute approximate surface area is 128 Å². The van der Waals surface area contributed by atoms with Crippen LogP contribution < -0.4 is 0 Å². The predicted octanol–water partition coefficient (Wildman–Crippen LogP) is 5.16. The van der Waals surface area contributed by atoms with Gasteiger partial charge in [-0.15, -0.1) is 0 Å². The van der Waals surface area contributed by atoms with Crippen molar-refractivity contribution in [3.8, 4) is 0 Å². The van der Waals surface area contributed by atoms with Crippen molar-refractivity contribution >= 4 is 37.2 Å². The summed E-state index contributed by atoms with van der Waals surface area (Å²) in [7, 11) is -1.48. The molecule has 0 spiro atoms. The Bertz CT molecular complexity index is 313. The lowest BCUT2D eigenvalue weighted by atomic mass is 10.5. The van der Waals surface area contributed by atoms with Gasteiger partial charge in [-0.05, 0) is 65.2 Å². The average Bonchev–Trinajstić information content (AvgIpc) is 2.11. The molecule has 0 aromatic rings. The minimum Gasteiger partial charge on any atom is -0.550 e. The molecule has 114 valence electrons. The summed E-state index contributed by atoms with van der Waals surface area (Å²) >= 11 is 7.10. The molecule has 0 fully saturated rings. The highest BCUT2D eigenvalue weighted by molar-refractivity contribution is 8.67. The Kier molecular flexibility index (Phi) is 9.17. The molecule has 0 atom stereocenters. The zero-order chi connectivity index (χ0) is 15.1. The second-order valence-electron chi connectivity index (χ2n) is 5.65. The normalized spacial score (nSPS) is 13.7. The molecule has 0 aliphatic heterocycles. The Morgan fingerprint density at radius 1 is 1.11 bits per heavy atom. The summed E-state index contributed by atoms with van der Waals surface area (Å²) in [5.41, 5.74) is -2.26. The van der Waals surface area contributed by atoms with Crippen molar-refractivity contribution in [2.45, 2.75) is 59.5 Å². The minimum atomic E-state index is -2.26. The van der Waals surface area contributed by atoms with E-state index in [9.17, 15) is 0 Å². The fraction of sp³-hybridized carbons (Fsp3) is 0.833.